The van der Waals surface area contributed by atoms with Crippen LogP contribution in [-0.4, -0.2) is 39.6 Å². The predicted molar refractivity (Wildman–Crippen MR) is 85.0 cm³/mol. The van der Waals surface area contributed by atoms with Gasteiger partial charge in [0.05, 0.1) is 4.91 Å². The number of aliphatic imine (C=N–C) groups is 1. The van der Waals surface area contributed by atoms with Crippen LogP contribution in [-0.2, 0) is 9.59 Å². The second-order valence-corrected chi connectivity index (χ2v) is 6.28. The van der Waals surface area contributed by atoms with Crippen molar-refractivity contribution < 1.29 is 19.1 Å². The fraction of sp³-hybridized carbons (Fsp3) is 0.267. The van der Waals surface area contributed by atoms with Gasteiger partial charge in [0.2, 0.25) is 5.91 Å². The first kappa shape index (κ1) is 15.5. The second-order valence-electron chi connectivity index (χ2n) is 5.27. The maximum atomic E-state index is 13.3. The van der Waals surface area contributed by atoms with Crippen molar-refractivity contribution in [3.8, 4) is 5.75 Å². The summed E-state index contributed by atoms with van der Waals surface area (Å²) in [4.78, 5) is 29.4. The molecule has 1 atom stereocenters. The Kier molecular flexibility index (Phi) is 4.08. The number of amides is 2. The Morgan fingerprint density at radius 3 is 3.04 bits per heavy atom. The lowest BCUT2D eigenvalue weighted by molar-refractivity contribution is -0.121. The van der Waals surface area contributed by atoms with Gasteiger partial charge in [-0.2, -0.15) is 4.99 Å². The number of nitrogens with two attached hydrogens (primary N) is 1. The zero-order valence-corrected chi connectivity index (χ0v) is 12.8. The van der Waals surface area contributed by atoms with E-state index in [4.69, 9.17) is 5.73 Å². The number of hydrogen-bond acceptors (Lipinski definition) is 5. The minimum atomic E-state index is -0.514. The number of hydrogen-bond donors (Lipinski definition) is 2. The monoisotopic (exact) mass is 335 g/mol. The van der Waals surface area contributed by atoms with Crippen LogP contribution in [0.15, 0.2) is 28.1 Å². The van der Waals surface area contributed by atoms with Crippen molar-refractivity contribution in [2.75, 3.05) is 6.54 Å². The molecule has 2 amide bonds. The van der Waals surface area contributed by atoms with E-state index >= 15 is 0 Å². The normalized spacial score (nSPS) is 22.7. The third-order valence-corrected chi connectivity index (χ3v) is 4.73. The van der Waals surface area contributed by atoms with Crippen LogP contribution in [0.2, 0.25) is 0 Å². The fourth-order valence-electron chi connectivity index (χ4n) is 2.59. The first-order valence-corrected chi connectivity index (χ1v) is 7.84. The molecule has 0 bridgehead atoms. The van der Waals surface area contributed by atoms with Crippen molar-refractivity contribution in [3.63, 3.8) is 0 Å². The molecule has 23 heavy (non-hydrogen) atoms. The van der Waals surface area contributed by atoms with E-state index in [1.165, 1.54) is 12.1 Å². The quantitative estimate of drug-likeness (QED) is 0.798. The number of amidine groups is 1. The van der Waals surface area contributed by atoms with E-state index < -0.39 is 23.7 Å². The Morgan fingerprint density at radius 2 is 2.30 bits per heavy atom. The number of thioether (sulfide) groups is 1. The van der Waals surface area contributed by atoms with Crippen LogP contribution in [0.25, 0.3) is 6.08 Å². The van der Waals surface area contributed by atoms with Gasteiger partial charge in [-0.25, -0.2) is 4.39 Å². The third kappa shape index (κ3) is 3.07. The van der Waals surface area contributed by atoms with E-state index in [1.54, 1.807) is 4.90 Å². The molecule has 1 saturated heterocycles. The Morgan fingerprint density at radius 1 is 1.52 bits per heavy atom. The van der Waals surface area contributed by atoms with Crippen LogP contribution in [0, 0.1) is 5.82 Å². The number of aromatic hydroxyl groups is 1. The number of nitrogens with zero attached hydrogens (tertiary/aromatic N) is 2. The van der Waals surface area contributed by atoms with Crippen molar-refractivity contribution >= 4 is 34.8 Å². The molecule has 3 N–H and O–H groups in total. The van der Waals surface area contributed by atoms with Gasteiger partial charge >= 0.3 is 0 Å². The highest BCUT2D eigenvalue weighted by Crippen LogP contribution is 2.34. The molecule has 1 unspecified atom stereocenters. The number of rotatable bonds is 2. The Hall–Kier alpha value is -2.35. The minimum Gasteiger partial charge on any atom is -0.507 e. The van der Waals surface area contributed by atoms with Crippen LogP contribution < -0.4 is 5.73 Å². The second kappa shape index (κ2) is 6.04. The van der Waals surface area contributed by atoms with Crippen molar-refractivity contribution in [3.05, 3.63) is 34.5 Å². The molecule has 2 aliphatic rings. The summed E-state index contributed by atoms with van der Waals surface area (Å²) in [5.41, 5.74) is 5.57. The molecule has 1 fully saturated rings. The number of primary amides is 1. The van der Waals surface area contributed by atoms with Gasteiger partial charge in [0.1, 0.15) is 17.6 Å². The zero-order chi connectivity index (χ0) is 16.6. The summed E-state index contributed by atoms with van der Waals surface area (Å²) < 4.78 is 13.3. The molecule has 1 aromatic rings. The molecule has 0 aromatic heterocycles. The summed E-state index contributed by atoms with van der Waals surface area (Å²) in [5.74, 6) is -1.57. The van der Waals surface area contributed by atoms with Crippen LogP contribution in [0.1, 0.15) is 18.4 Å². The summed E-state index contributed by atoms with van der Waals surface area (Å²) in [7, 11) is 0. The summed E-state index contributed by atoms with van der Waals surface area (Å²) >= 11 is 1.09. The lowest BCUT2D eigenvalue weighted by Gasteiger charge is -2.22. The number of likely N-dealkylation sites (tertiary alicyclic amines) is 1. The van der Waals surface area contributed by atoms with E-state index in [2.05, 4.69) is 4.99 Å². The molecule has 2 aliphatic heterocycles. The van der Waals surface area contributed by atoms with Crippen molar-refractivity contribution in [1.82, 2.24) is 4.90 Å². The van der Waals surface area contributed by atoms with E-state index in [0.717, 1.165) is 30.3 Å². The number of halogens is 1. The lowest BCUT2D eigenvalue weighted by Crippen LogP contribution is -2.42. The molecule has 6 nitrogen and oxygen atoms in total. The van der Waals surface area contributed by atoms with Gasteiger partial charge in [0, 0.05) is 12.1 Å². The zero-order valence-electron chi connectivity index (χ0n) is 12.0. The van der Waals surface area contributed by atoms with E-state index in [1.807, 2.05) is 0 Å². The van der Waals surface area contributed by atoms with Gasteiger partial charge in [-0.3, -0.25) is 9.59 Å². The Labute approximate surface area is 135 Å². The average Bonchev–Trinajstić information content (AvgIpc) is 3.10. The van der Waals surface area contributed by atoms with Crippen molar-refractivity contribution in [1.29, 1.82) is 0 Å². The Bertz CT molecular complexity index is 747. The predicted octanol–water partition coefficient (Wildman–Crippen LogP) is 1.45. The van der Waals surface area contributed by atoms with Gasteiger partial charge in [0.15, 0.2) is 5.17 Å². The molecule has 0 spiro atoms. The molecule has 120 valence electrons. The molecular weight excluding hydrogens is 321 g/mol. The molecule has 0 saturated carbocycles. The van der Waals surface area contributed by atoms with E-state index in [-0.39, 0.29) is 16.2 Å². The SMILES string of the molecule is NC(=O)C1CCCN1C1=NC(=O)/C(=C/c2cc(F)ccc2O)S1. The fourth-order valence-corrected chi connectivity index (χ4v) is 3.57. The lowest BCUT2D eigenvalue weighted by atomic mass is 10.2. The maximum absolute atomic E-state index is 13.3. The van der Waals surface area contributed by atoms with Gasteiger partial charge in [-0.05, 0) is 48.9 Å². The largest absolute Gasteiger partial charge is 0.507 e. The average molecular weight is 335 g/mol. The molecular formula is C15H14FN3O3S. The molecule has 0 aliphatic carbocycles. The summed E-state index contributed by atoms with van der Waals surface area (Å²) in [6.45, 7) is 0.602. The van der Waals surface area contributed by atoms with Crippen LogP contribution in [0.5, 0.6) is 5.75 Å². The summed E-state index contributed by atoms with van der Waals surface area (Å²) in [5, 5.41) is 10.1. The molecule has 8 heteroatoms. The molecule has 1 aromatic carbocycles. The standard InChI is InChI=1S/C15H14FN3O3S/c16-9-3-4-11(20)8(6-9)7-12-14(22)18-15(23-12)19-5-1-2-10(19)13(17)21/h3-4,6-7,10,20H,1-2,5H2,(H2,17,21)/b12-7-. The molecule has 3 rings (SSSR count). The van der Waals surface area contributed by atoms with Crippen LogP contribution in [0.4, 0.5) is 4.39 Å². The van der Waals surface area contributed by atoms with Crippen LogP contribution >= 0.6 is 11.8 Å². The third-order valence-electron chi connectivity index (χ3n) is 3.71. The minimum absolute atomic E-state index is 0.128. The topological polar surface area (TPSA) is 96.0 Å². The highest BCUT2D eigenvalue weighted by molar-refractivity contribution is 8.18. The smallest absolute Gasteiger partial charge is 0.286 e. The number of phenols is 1. The highest BCUT2D eigenvalue weighted by Gasteiger charge is 2.35. The van der Waals surface area contributed by atoms with Gasteiger partial charge < -0.3 is 15.7 Å². The number of carbonyl (C=O) groups is 2. The Balaban J connectivity index is 1.84. The highest BCUT2D eigenvalue weighted by atomic mass is 32.2. The van der Waals surface area contributed by atoms with Gasteiger partial charge in [-0.15, -0.1) is 0 Å². The van der Waals surface area contributed by atoms with Gasteiger partial charge in [-0.1, -0.05) is 0 Å². The number of benzene rings is 1. The van der Waals surface area contributed by atoms with Gasteiger partial charge in [0.25, 0.3) is 5.91 Å². The van der Waals surface area contributed by atoms with E-state index in [9.17, 15) is 19.1 Å². The summed E-state index contributed by atoms with van der Waals surface area (Å²) in [6, 6.07) is 3.02. The van der Waals surface area contributed by atoms with E-state index in [0.29, 0.717) is 18.1 Å². The number of carbonyl (C=O) groups excluding carboxylic acids is 2. The van der Waals surface area contributed by atoms with Crippen molar-refractivity contribution in [2.45, 2.75) is 18.9 Å². The molecule has 0 radical (unpaired) electrons. The van der Waals surface area contributed by atoms with Crippen LogP contribution in [0.3, 0.4) is 0 Å². The number of phenolic OH excluding ortho intramolecular Hbond substituents is 1. The van der Waals surface area contributed by atoms with Crippen molar-refractivity contribution in [2.24, 2.45) is 10.7 Å². The molecule has 2 heterocycles. The summed E-state index contributed by atoms with van der Waals surface area (Å²) in [6.07, 6.45) is 2.81. The first-order chi connectivity index (χ1) is 11.0. The maximum Gasteiger partial charge on any atom is 0.286 e. The first-order valence-electron chi connectivity index (χ1n) is 7.03.